The molecule has 3 N–H and O–H groups in total. The van der Waals surface area contributed by atoms with Crippen molar-refractivity contribution in [3.8, 4) is 23.1 Å². The van der Waals surface area contributed by atoms with E-state index in [1.807, 2.05) is 36.5 Å². The number of rotatable bonds is 6. The van der Waals surface area contributed by atoms with Crippen LogP contribution in [0.15, 0.2) is 48.9 Å². The van der Waals surface area contributed by atoms with Gasteiger partial charge in [0.05, 0.1) is 30.1 Å². The van der Waals surface area contributed by atoms with E-state index < -0.39 is 0 Å². The summed E-state index contributed by atoms with van der Waals surface area (Å²) in [7, 11) is 0. The lowest BCUT2D eigenvalue weighted by Crippen LogP contribution is -2.40. The third-order valence-electron chi connectivity index (χ3n) is 4.53. The highest BCUT2D eigenvalue weighted by Crippen LogP contribution is 2.30. The van der Waals surface area contributed by atoms with E-state index in [0.29, 0.717) is 11.4 Å². The minimum Gasteiger partial charge on any atom is -0.470 e. The zero-order valence-electron chi connectivity index (χ0n) is 14.8. The van der Waals surface area contributed by atoms with Crippen LogP contribution in [-0.4, -0.2) is 40.9 Å². The number of aromatic amines is 1. The number of H-pyrrole nitrogens is 1. The van der Waals surface area contributed by atoms with Crippen molar-refractivity contribution in [3.05, 3.63) is 60.0 Å². The van der Waals surface area contributed by atoms with Gasteiger partial charge in [-0.25, -0.2) is 4.98 Å². The maximum Gasteiger partial charge on any atom is 0.237 e. The largest absolute Gasteiger partial charge is 0.470 e. The molecule has 27 heavy (non-hydrogen) atoms. The summed E-state index contributed by atoms with van der Waals surface area (Å²) in [5.41, 5.74) is 4.80. The van der Waals surface area contributed by atoms with Gasteiger partial charge >= 0.3 is 0 Å². The van der Waals surface area contributed by atoms with Gasteiger partial charge in [0.25, 0.3) is 0 Å². The van der Waals surface area contributed by atoms with Gasteiger partial charge in [-0.3, -0.25) is 5.10 Å². The third kappa shape index (κ3) is 4.07. The van der Waals surface area contributed by atoms with Crippen molar-refractivity contribution in [2.24, 2.45) is 0 Å². The van der Waals surface area contributed by atoms with E-state index in [1.54, 1.807) is 12.4 Å². The lowest BCUT2D eigenvalue weighted by molar-refractivity contribution is 0.194. The van der Waals surface area contributed by atoms with Gasteiger partial charge in [0.2, 0.25) is 5.88 Å². The first-order valence-corrected chi connectivity index (χ1v) is 8.91. The zero-order chi connectivity index (χ0) is 18.5. The molecule has 3 heterocycles. The number of fused-ring (bicyclic) bond motifs is 1. The number of nitriles is 1. The van der Waals surface area contributed by atoms with Crippen LogP contribution in [0.4, 0.5) is 5.69 Å². The highest BCUT2D eigenvalue weighted by atomic mass is 16.5. The van der Waals surface area contributed by atoms with Crippen LogP contribution in [0.3, 0.4) is 0 Å². The lowest BCUT2D eigenvalue weighted by atomic mass is 10.1. The van der Waals surface area contributed by atoms with Crippen molar-refractivity contribution in [1.82, 2.24) is 20.5 Å². The van der Waals surface area contributed by atoms with Crippen molar-refractivity contribution in [3.63, 3.8) is 0 Å². The second-order valence-corrected chi connectivity index (χ2v) is 6.45. The lowest BCUT2D eigenvalue weighted by Gasteiger charge is -2.27. The van der Waals surface area contributed by atoms with Gasteiger partial charge in [0.1, 0.15) is 6.10 Å². The molecule has 1 atom stereocenters. The number of nitrogens with zero attached hydrogens (tertiary/aromatic N) is 3. The topological polar surface area (TPSA) is 98.7 Å². The molecule has 0 amide bonds. The molecule has 0 bridgehead atoms. The van der Waals surface area contributed by atoms with Gasteiger partial charge in [0, 0.05) is 30.1 Å². The predicted molar refractivity (Wildman–Crippen MR) is 102 cm³/mol. The van der Waals surface area contributed by atoms with E-state index in [1.165, 1.54) is 5.56 Å². The average Bonchev–Trinajstić information content (AvgIpc) is 3.26. The Morgan fingerprint density at radius 1 is 1.22 bits per heavy atom. The van der Waals surface area contributed by atoms with E-state index in [4.69, 9.17) is 10.00 Å². The van der Waals surface area contributed by atoms with Crippen molar-refractivity contribution < 1.29 is 4.74 Å². The smallest absolute Gasteiger partial charge is 0.237 e. The summed E-state index contributed by atoms with van der Waals surface area (Å²) in [6, 6.07) is 11.9. The minimum atomic E-state index is 0.0331. The number of nitrogens with one attached hydrogen (secondary N) is 3. The van der Waals surface area contributed by atoms with Crippen molar-refractivity contribution in [1.29, 1.82) is 5.26 Å². The summed E-state index contributed by atoms with van der Waals surface area (Å²) in [5, 5.41) is 22.4. The molecule has 1 aromatic carbocycles. The molecule has 0 unspecified atom stereocenters. The van der Waals surface area contributed by atoms with Gasteiger partial charge in [-0.15, -0.1) is 0 Å². The van der Waals surface area contributed by atoms with E-state index in [9.17, 15) is 0 Å². The summed E-state index contributed by atoms with van der Waals surface area (Å²) >= 11 is 0. The van der Waals surface area contributed by atoms with Crippen LogP contribution in [0.25, 0.3) is 11.1 Å². The molecule has 0 fully saturated rings. The standard InChI is InChI=1S/C20H20N6O/c21-8-15-3-1-14(2-4-15)5-6-22-12-18-13-23-19-7-16(9-24-20(19)27-18)17-10-25-26-11-17/h1-4,7,9-11,18,22-23H,5-6,12-13H2,(H,25,26)/t18-/m1/s1. The van der Waals surface area contributed by atoms with Crippen LogP contribution < -0.4 is 15.4 Å². The van der Waals surface area contributed by atoms with Gasteiger partial charge in [-0.2, -0.15) is 10.4 Å². The second kappa shape index (κ2) is 7.89. The Hall–Kier alpha value is -3.37. The minimum absolute atomic E-state index is 0.0331. The van der Waals surface area contributed by atoms with Crippen LogP contribution in [0.2, 0.25) is 0 Å². The number of aromatic nitrogens is 3. The molecule has 136 valence electrons. The van der Waals surface area contributed by atoms with Crippen LogP contribution in [0.5, 0.6) is 5.88 Å². The fourth-order valence-corrected chi connectivity index (χ4v) is 3.02. The second-order valence-electron chi connectivity index (χ2n) is 6.45. The molecule has 0 aliphatic carbocycles. The SMILES string of the molecule is N#Cc1ccc(CCNC[C@@H]2CNc3cc(-c4cn[nH]c4)cnc3O2)cc1. The average molecular weight is 360 g/mol. The molecular weight excluding hydrogens is 340 g/mol. The molecule has 7 heteroatoms. The van der Waals surface area contributed by atoms with E-state index in [0.717, 1.165) is 42.9 Å². The Balaban J connectivity index is 1.26. The van der Waals surface area contributed by atoms with Gasteiger partial charge in [-0.1, -0.05) is 12.1 Å². The van der Waals surface area contributed by atoms with Crippen LogP contribution in [0.1, 0.15) is 11.1 Å². The fraction of sp³-hybridized carbons (Fsp3) is 0.250. The Labute approximate surface area is 157 Å². The highest BCUT2D eigenvalue weighted by Gasteiger charge is 2.20. The zero-order valence-corrected chi connectivity index (χ0v) is 14.8. The molecule has 7 nitrogen and oxygen atoms in total. The monoisotopic (exact) mass is 360 g/mol. The molecule has 4 rings (SSSR count). The Morgan fingerprint density at radius 3 is 2.89 bits per heavy atom. The maximum atomic E-state index is 8.83. The van der Waals surface area contributed by atoms with E-state index in [2.05, 4.69) is 31.9 Å². The molecule has 1 aliphatic heterocycles. The molecule has 2 aromatic heterocycles. The van der Waals surface area contributed by atoms with Gasteiger partial charge in [-0.05, 0) is 36.7 Å². The number of benzene rings is 1. The summed E-state index contributed by atoms with van der Waals surface area (Å²) < 4.78 is 5.99. The normalized spacial score (nSPS) is 15.3. The Kier molecular flexibility index (Phi) is 4.99. The first kappa shape index (κ1) is 17.1. The fourth-order valence-electron chi connectivity index (χ4n) is 3.02. The molecule has 0 radical (unpaired) electrons. The summed E-state index contributed by atoms with van der Waals surface area (Å²) in [6.07, 6.45) is 6.35. The first-order valence-electron chi connectivity index (χ1n) is 8.91. The summed E-state index contributed by atoms with van der Waals surface area (Å²) in [4.78, 5) is 4.44. The maximum absolute atomic E-state index is 8.83. The predicted octanol–water partition coefficient (Wildman–Crippen LogP) is 2.35. The molecule has 3 aromatic rings. The van der Waals surface area contributed by atoms with Crippen LogP contribution in [0, 0.1) is 11.3 Å². The number of hydrogen-bond donors (Lipinski definition) is 3. The van der Waals surface area contributed by atoms with Gasteiger partial charge < -0.3 is 15.4 Å². The molecule has 0 saturated carbocycles. The number of pyridine rings is 1. The number of ether oxygens (including phenoxy) is 1. The number of anilines is 1. The molecular formula is C20H20N6O. The summed E-state index contributed by atoms with van der Waals surface area (Å²) in [6.45, 7) is 2.33. The molecule has 1 aliphatic rings. The van der Waals surface area contributed by atoms with Crippen molar-refractivity contribution >= 4 is 5.69 Å². The Morgan fingerprint density at radius 2 is 2.11 bits per heavy atom. The molecule has 0 spiro atoms. The highest BCUT2D eigenvalue weighted by molar-refractivity contribution is 5.69. The first-order chi connectivity index (χ1) is 13.3. The van der Waals surface area contributed by atoms with Crippen LogP contribution in [-0.2, 0) is 6.42 Å². The summed E-state index contributed by atoms with van der Waals surface area (Å²) in [5.74, 6) is 0.632. The number of hydrogen-bond acceptors (Lipinski definition) is 6. The van der Waals surface area contributed by atoms with Crippen LogP contribution >= 0.6 is 0 Å². The van der Waals surface area contributed by atoms with Gasteiger partial charge in [0.15, 0.2) is 0 Å². The van der Waals surface area contributed by atoms with E-state index >= 15 is 0 Å². The molecule has 0 saturated heterocycles. The third-order valence-corrected chi connectivity index (χ3v) is 4.53. The van der Waals surface area contributed by atoms with Crippen molar-refractivity contribution in [2.75, 3.05) is 25.0 Å². The van der Waals surface area contributed by atoms with Crippen molar-refractivity contribution in [2.45, 2.75) is 12.5 Å². The quantitative estimate of drug-likeness (QED) is 0.584. The van der Waals surface area contributed by atoms with E-state index in [-0.39, 0.29) is 6.10 Å². The Bertz CT molecular complexity index is 930.